The van der Waals surface area contributed by atoms with Crippen LogP contribution < -0.4 is 15.7 Å². The van der Waals surface area contributed by atoms with Crippen molar-refractivity contribution < 1.29 is 14.8 Å². The summed E-state index contributed by atoms with van der Waals surface area (Å²) >= 11 is 0. The van der Waals surface area contributed by atoms with Crippen LogP contribution in [-0.2, 0) is 16.0 Å². The van der Waals surface area contributed by atoms with Crippen molar-refractivity contribution in [2.24, 2.45) is 0 Å². The highest BCUT2D eigenvalue weighted by Gasteiger charge is 2.05. The molecule has 0 bridgehead atoms. The van der Waals surface area contributed by atoms with E-state index in [-0.39, 0.29) is 25.3 Å². The highest BCUT2D eigenvalue weighted by atomic mass is 16.5. The number of amides is 2. The first-order valence-electron chi connectivity index (χ1n) is 5.99. The fraction of sp³-hybridized carbons (Fsp3) is 0.385. The molecule has 104 valence electrons. The van der Waals surface area contributed by atoms with Crippen LogP contribution in [0.1, 0.15) is 12.0 Å². The van der Waals surface area contributed by atoms with Crippen LogP contribution in [0.4, 0.5) is 5.69 Å². The molecule has 2 amide bonds. The molecule has 0 unspecified atom stereocenters. The van der Waals surface area contributed by atoms with E-state index in [0.29, 0.717) is 0 Å². The third-order valence-corrected chi connectivity index (χ3v) is 2.62. The molecule has 19 heavy (non-hydrogen) atoms. The molecule has 6 nitrogen and oxygen atoms in total. The number of nitrogens with one attached hydrogen (secondary N) is 2. The lowest BCUT2D eigenvalue weighted by molar-refractivity contribution is -0.129. The van der Waals surface area contributed by atoms with Gasteiger partial charge in [-0.2, -0.15) is 0 Å². The van der Waals surface area contributed by atoms with Crippen LogP contribution in [0, 0.1) is 0 Å². The third kappa shape index (κ3) is 5.39. The largest absolute Gasteiger partial charge is 0.378 e. The van der Waals surface area contributed by atoms with Gasteiger partial charge in [0.25, 0.3) is 0 Å². The molecule has 0 aliphatic carbocycles. The van der Waals surface area contributed by atoms with Crippen LogP contribution in [-0.4, -0.2) is 37.7 Å². The molecular formula is C13H19N3O3. The van der Waals surface area contributed by atoms with Gasteiger partial charge in [0.1, 0.15) is 0 Å². The average molecular weight is 265 g/mol. The van der Waals surface area contributed by atoms with Crippen molar-refractivity contribution in [2.45, 2.75) is 12.8 Å². The second kappa shape index (κ2) is 7.38. The third-order valence-electron chi connectivity index (χ3n) is 2.62. The number of anilines is 1. The molecule has 0 aliphatic heterocycles. The van der Waals surface area contributed by atoms with E-state index < -0.39 is 5.91 Å². The molecule has 1 aromatic carbocycles. The standard InChI is InChI=1S/C13H19N3O3/c1-16(2)11-5-3-10(4-6-11)9-13(18)14-8-7-12(17)15-19/h3-6,19H,7-9H2,1-2H3,(H,14,18)(H,15,17). The van der Waals surface area contributed by atoms with Crippen molar-refractivity contribution in [1.82, 2.24) is 10.8 Å². The van der Waals surface area contributed by atoms with Gasteiger partial charge >= 0.3 is 0 Å². The van der Waals surface area contributed by atoms with E-state index in [4.69, 9.17) is 5.21 Å². The molecule has 6 heteroatoms. The minimum absolute atomic E-state index is 0.0573. The molecular weight excluding hydrogens is 246 g/mol. The van der Waals surface area contributed by atoms with Crippen LogP contribution in [0.2, 0.25) is 0 Å². The summed E-state index contributed by atoms with van der Waals surface area (Å²) in [4.78, 5) is 24.3. The molecule has 3 N–H and O–H groups in total. The van der Waals surface area contributed by atoms with E-state index in [1.807, 2.05) is 43.3 Å². The van der Waals surface area contributed by atoms with Gasteiger partial charge in [0.2, 0.25) is 11.8 Å². The summed E-state index contributed by atoms with van der Waals surface area (Å²) < 4.78 is 0. The smallest absolute Gasteiger partial charge is 0.245 e. The van der Waals surface area contributed by atoms with Gasteiger partial charge in [0.05, 0.1) is 6.42 Å². The van der Waals surface area contributed by atoms with Crippen LogP contribution in [0.3, 0.4) is 0 Å². The summed E-state index contributed by atoms with van der Waals surface area (Å²) in [6, 6.07) is 7.69. The van der Waals surface area contributed by atoms with Gasteiger partial charge in [-0.15, -0.1) is 0 Å². The Hall–Kier alpha value is -2.08. The van der Waals surface area contributed by atoms with Crippen LogP contribution in [0.25, 0.3) is 0 Å². The van der Waals surface area contributed by atoms with Crippen molar-refractivity contribution in [2.75, 3.05) is 25.5 Å². The van der Waals surface area contributed by atoms with Crippen LogP contribution >= 0.6 is 0 Å². The van der Waals surface area contributed by atoms with Gasteiger partial charge in [-0.3, -0.25) is 14.8 Å². The Kier molecular flexibility index (Phi) is 5.81. The molecule has 0 saturated heterocycles. The summed E-state index contributed by atoms with van der Waals surface area (Å²) in [6.07, 6.45) is 0.330. The van der Waals surface area contributed by atoms with Crippen molar-refractivity contribution in [3.8, 4) is 0 Å². The second-order valence-electron chi connectivity index (χ2n) is 4.37. The van der Waals surface area contributed by atoms with Crippen molar-refractivity contribution in [1.29, 1.82) is 0 Å². The average Bonchev–Trinajstić information content (AvgIpc) is 2.39. The molecule has 0 spiro atoms. The first-order valence-corrected chi connectivity index (χ1v) is 5.99. The Morgan fingerprint density at radius 1 is 1.16 bits per heavy atom. The molecule has 1 aromatic rings. The Balaban J connectivity index is 2.38. The molecule has 0 aliphatic rings. The zero-order chi connectivity index (χ0) is 14.3. The highest BCUT2D eigenvalue weighted by molar-refractivity contribution is 5.80. The number of benzene rings is 1. The normalized spacial score (nSPS) is 9.84. The number of carbonyl (C=O) groups is 2. The summed E-state index contributed by atoms with van der Waals surface area (Å²) in [7, 11) is 3.90. The Morgan fingerprint density at radius 2 is 1.79 bits per heavy atom. The summed E-state index contributed by atoms with van der Waals surface area (Å²) in [5, 5.41) is 10.9. The quantitative estimate of drug-likeness (QED) is 0.510. The minimum atomic E-state index is -0.518. The second-order valence-corrected chi connectivity index (χ2v) is 4.37. The maximum atomic E-state index is 11.6. The van der Waals surface area contributed by atoms with Crippen molar-refractivity contribution >= 4 is 17.5 Å². The minimum Gasteiger partial charge on any atom is -0.378 e. The van der Waals surface area contributed by atoms with Gasteiger partial charge in [0, 0.05) is 32.7 Å². The zero-order valence-electron chi connectivity index (χ0n) is 11.1. The first kappa shape index (κ1) is 15.0. The molecule has 0 aromatic heterocycles. The number of hydroxylamine groups is 1. The van der Waals surface area contributed by atoms with E-state index in [1.54, 1.807) is 0 Å². The van der Waals surface area contributed by atoms with E-state index in [1.165, 1.54) is 5.48 Å². The van der Waals surface area contributed by atoms with Gasteiger partial charge < -0.3 is 10.2 Å². The number of carbonyl (C=O) groups excluding carboxylic acids is 2. The Labute approximate surface area is 112 Å². The van der Waals surface area contributed by atoms with Gasteiger partial charge in [-0.25, -0.2) is 5.48 Å². The van der Waals surface area contributed by atoms with Crippen LogP contribution in [0.5, 0.6) is 0 Å². The Morgan fingerprint density at radius 3 is 2.32 bits per heavy atom. The maximum absolute atomic E-state index is 11.6. The van der Waals surface area contributed by atoms with Gasteiger partial charge in [-0.1, -0.05) is 12.1 Å². The van der Waals surface area contributed by atoms with E-state index in [0.717, 1.165) is 11.3 Å². The predicted octanol–water partition coefficient (Wildman–Crippen LogP) is 0.307. The molecule has 0 heterocycles. The molecule has 0 atom stereocenters. The Bertz CT molecular complexity index is 429. The van der Waals surface area contributed by atoms with E-state index >= 15 is 0 Å². The van der Waals surface area contributed by atoms with Crippen molar-refractivity contribution in [3.05, 3.63) is 29.8 Å². The summed E-state index contributed by atoms with van der Waals surface area (Å²) in [5.74, 6) is -0.668. The monoisotopic (exact) mass is 265 g/mol. The fourth-order valence-electron chi connectivity index (χ4n) is 1.53. The fourth-order valence-corrected chi connectivity index (χ4v) is 1.53. The van der Waals surface area contributed by atoms with E-state index in [9.17, 15) is 9.59 Å². The molecule has 0 fully saturated rings. The number of nitrogens with zero attached hydrogens (tertiary/aromatic N) is 1. The molecule has 0 saturated carbocycles. The van der Waals surface area contributed by atoms with Gasteiger partial charge in [-0.05, 0) is 17.7 Å². The molecule has 0 radical (unpaired) electrons. The van der Waals surface area contributed by atoms with Crippen LogP contribution in [0.15, 0.2) is 24.3 Å². The van der Waals surface area contributed by atoms with Crippen molar-refractivity contribution in [3.63, 3.8) is 0 Å². The first-order chi connectivity index (χ1) is 9.02. The summed E-state index contributed by atoms with van der Waals surface area (Å²) in [5.41, 5.74) is 3.50. The lowest BCUT2D eigenvalue weighted by Gasteiger charge is -2.12. The van der Waals surface area contributed by atoms with E-state index in [2.05, 4.69) is 5.32 Å². The zero-order valence-corrected chi connectivity index (χ0v) is 11.1. The summed E-state index contributed by atoms with van der Waals surface area (Å²) in [6.45, 7) is 0.209. The number of hydrogen-bond donors (Lipinski definition) is 3. The van der Waals surface area contributed by atoms with Gasteiger partial charge in [0.15, 0.2) is 0 Å². The highest BCUT2D eigenvalue weighted by Crippen LogP contribution is 2.12. The topological polar surface area (TPSA) is 81.7 Å². The number of rotatable bonds is 6. The predicted molar refractivity (Wildman–Crippen MR) is 72.0 cm³/mol. The maximum Gasteiger partial charge on any atom is 0.245 e. The lowest BCUT2D eigenvalue weighted by atomic mass is 10.1. The number of hydrogen-bond acceptors (Lipinski definition) is 4. The SMILES string of the molecule is CN(C)c1ccc(CC(=O)NCCC(=O)NO)cc1. The molecule has 1 rings (SSSR count). The lowest BCUT2D eigenvalue weighted by Crippen LogP contribution is -2.30.